The largest absolute Gasteiger partial charge is 0.455 e. The minimum Gasteiger partial charge on any atom is -0.455 e. The molecule has 14 aromatic carbocycles. The lowest BCUT2D eigenvalue weighted by molar-refractivity contribution is -0.744. The smallest absolute Gasteiger partial charge is 0.384 e. The molecule has 0 spiro atoms. The quantitative estimate of drug-likeness (QED) is 0.155. The van der Waals surface area contributed by atoms with Gasteiger partial charge in [0, 0.05) is 89.6 Å². The minimum absolute atomic E-state index is 0.272. The maximum absolute atomic E-state index is 8.17. The lowest BCUT2D eigenvalue weighted by atomic mass is 9.95. The van der Waals surface area contributed by atoms with Crippen molar-refractivity contribution in [2.75, 3.05) is 11.9 Å². The molecule has 0 saturated carbocycles. The Bertz CT molecular complexity index is 8100. The van der Waals surface area contributed by atoms with E-state index in [-0.39, 0.29) is 6.17 Å². The van der Waals surface area contributed by atoms with E-state index in [0.717, 1.165) is 128 Å². The molecule has 11 heterocycles. The Balaban J connectivity index is 0.0000000963. The molecule has 1 aliphatic heterocycles. The zero-order valence-corrected chi connectivity index (χ0v) is 70.1. The molecule has 0 fully saturated rings. The highest BCUT2D eigenvalue weighted by molar-refractivity contribution is 6.25. The van der Waals surface area contributed by atoms with Crippen molar-refractivity contribution < 1.29 is 49.1 Å². The van der Waals surface area contributed by atoms with E-state index < -0.39 is 6.85 Å². The molecule has 0 aliphatic carbocycles. The standard InChI is InChI=1S/C23H19N2O.C22H20N2O.2C21H17N2O.C21H16NO2/c1-14-13-15(2)21-22-17-8-5-4-7-16(17)10-11-19(22)26-23(21)20(14)18-9-6-12-24-25(18)3;1-14-8-10-18-20-17-7-5-4-6-16(17)9-11-19(20)25-22(18)21(14)24-13-12-23(3)15(24)2;1-14-6-5-12-23(14)21-20-17(11-13-22(21)2)19-16-8-4-3-7-15(16)9-10-18(19)24-20;1-14-8-10-17-19-16-7-4-3-6-15(16)9-11-18(19)24-21(17)20(14)23-13-5-12-22(23)2;1-13-7-9-16-19-15-6-4-3-5-14(15)8-10-17(19)24-20(16)18(13)21-22(2)11-12-23-21/h4-13H,1-3H3;4-13,15H,1-3H3;2*3-13H,1-2H3;3-12H,1-2H3/q+1;;3*+1/t;15-;;;/m.0.../s1/i2D3;;;;. The molecular weight excluding hydrogens is 1520 g/mol. The molecule has 0 unspecified atom stereocenters. The number of furan rings is 5. The third-order valence-corrected chi connectivity index (χ3v) is 24.8. The Labute approximate surface area is 712 Å². The fourth-order valence-corrected chi connectivity index (χ4v) is 18.5. The van der Waals surface area contributed by atoms with E-state index in [2.05, 4.69) is 313 Å². The van der Waals surface area contributed by atoms with Gasteiger partial charge in [-0.2, -0.15) is 4.57 Å². The summed E-state index contributed by atoms with van der Waals surface area (Å²) < 4.78 is 74.1. The van der Waals surface area contributed by atoms with Gasteiger partial charge in [0.1, 0.15) is 58.0 Å². The van der Waals surface area contributed by atoms with Crippen molar-refractivity contribution in [1.29, 1.82) is 0 Å². The van der Waals surface area contributed by atoms with Gasteiger partial charge in [-0.15, -0.1) is 9.36 Å². The number of hydrogen-bond acceptors (Lipinski definition) is 9. The van der Waals surface area contributed by atoms with Gasteiger partial charge in [0.25, 0.3) is 0 Å². The zero-order valence-electron chi connectivity index (χ0n) is 73.1. The number of aryl methyl sites for hydroxylation is 10. The molecular formula is C108H89N9O6+4. The highest BCUT2D eigenvalue weighted by Crippen LogP contribution is 2.47. The molecule has 1 aliphatic rings. The number of pyridine rings is 1. The van der Waals surface area contributed by atoms with Crippen molar-refractivity contribution in [2.24, 2.45) is 28.2 Å². The fourth-order valence-electron chi connectivity index (χ4n) is 18.5. The van der Waals surface area contributed by atoms with Crippen molar-refractivity contribution in [1.82, 2.24) is 19.2 Å². The molecule has 10 aromatic heterocycles. The van der Waals surface area contributed by atoms with Crippen LogP contribution in [0.3, 0.4) is 0 Å². The number of aromatic nitrogens is 7. The second-order valence-corrected chi connectivity index (χ2v) is 32.3. The molecule has 0 radical (unpaired) electrons. The molecule has 24 aromatic rings. The molecule has 598 valence electrons. The summed E-state index contributed by atoms with van der Waals surface area (Å²) in [4.78, 5) is 4.50. The monoisotopic (exact) mass is 1610 g/mol. The first-order valence-corrected chi connectivity index (χ1v) is 41.5. The van der Waals surface area contributed by atoms with Crippen LogP contribution in [0.4, 0.5) is 5.69 Å². The maximum atomic E-state index is 8.17. The van der Waals surface area contributed by atoms with E-state index in [0.29, 0.717) is 22.1 Å². The third kappa shape index (κ3) is 12.4. The molecule has 0 amide bonds. The van der Waals surface area contributed by atoms with Gasteiger partial charge >= 0.3 is 11.7 Å². The highest BCUT2D eigenvalue weighted by Gasteiger charge is 2.30. The Morgan fingerprint density at radius 1 is 0.374 bits per heavy atom. The number of nitrogens with zero attached hydrogens (tertiary/aromatic N) is 9. The molecule has 15 nitrogen and oxygen atoms in total. The predicted octanol–water partition coefficient (Wildman–Crippen LogP) is 25.3. The second kappa shape index (κ2) is 29.9. The zero-order chi connectivity index (χ0) is 86.2. The van der Waals surface area contributed by atoms with Gasteiger partial charge in [-0.1, -0.05) is 199 Å². The Morgan fingerprint density at radius 2 is 0.854 bits per heavy atom. The van der Waals surface area contributed by atoms with E-state index in [1.165, 1.54) is 86.8 Å². The lowest BCUT2D eigenvalue weighted by Gasteiger charge is -2.28. The molecule has 1 atom stereocenters. The van der Waals surface area contributed by atoms with Crippen LogP contribution in [0.2, 0.25) is 0 Å². The number of fused-ring (bicyclic) bond motifs is 25. The summed E-state index contributed by atoms with van der Waals surface area (Å²) in [5.41, 5.74) is 19.6. The summed E-state index contributed by atoms with van der Waals surface area (Å²) in [6.45, 7) is 10.3. The first-order chi connectivity index (χ1) is 61.2. The highest BCUT2D eigenvalue weighted by atomic mass is 16.4. The van der Waals surface area contributed by atoms with Crippen molar-refractivity contribution in [3.05, 3.63) is 350 Å². The number of hydrogen-bond donors (Lipinski definition) is 0. The first kappa shape index (κ1) is 71.7. The number of rotatable bonds is 5. The van der Waals surface area contributed by atoms with Crippen molar-refractivity contribution in [3.8, 4) is 34.2 Å². The van der Waals surface area contributed by atoms with Crippen LogP contribution in [0.1, 0.15) is 44.5 Å². The summed E-state index contributed by atoms with van der Waals surface area (Å²) in [6.07, 6.45) is 18.1. The van der Waals surface area contributed by atoms with Crippen LogP contribution in [0.25, 0.3) is 198 Å². The number of oxazole rings is 1. The SMILES string of the molecule is Cc1ccc2c(oc3ccc4ccccc4c32)c1-c1occ[n+]1C.Cc1ccc2c(oc3ccc4ccccc4c32)c1-n1ccc[n+]1C.Cc1ccc2c(oc3ccc4ccccc4c32)c1N1C=CN(C)[C@@H]1C.Cc1cccn1-c1c2oc3ccc4ccccc4c3c2cc[n+]1C.[2H]C([2H])([2H])c1cc(C)c(-c2cccn[n+]2C)c2oc3ccc4ccccc4c3c12. The molecule has 0 saturated heterocycles. The molecule has 25 rings (SSSR count). The summed E-state index contributed by atoms with van der Waals surface area (Å²) in [6, 6.07) is 89.6. The average Bonchev–Trinajstić information content (AvgIpc) is 1.48. The summed E-state index contributed by atoms with van der Waals surface area (Å²) in [5, 5.41) is 27.1. The van der Waals surface area contributed by atoms with Gasteiger partial charge in [-0.3, -0.25) is 0 Å². The minimum atomic E-state index is -2.26. The van der Waals surface area contributed by atoms with E-state index in [1.54, 1.807) is 23.2 Å². The van der Waals surface area contributed by atoms with Crippen molar-refractivity contribution >= 4 is 169 Å². The third-order valence-electron chi connectivity index (χ3n) is 24.8. The molecule has 0 N–H and O–H groups in total. The van der Waals surface area contributed by atoms with E-state index in [4.69, 9.17) is 30.6 Å². The van der Waals surface area contributed by atoms with Crippen LogP contribution in [-0.4, -0.2) is 32.5 Å². The van der Waals surface area contributed by atoms with Crippen LogP contribution >= 0.6 is 0 Å². The average molecular weight is 1610 g/mol. The number of anilines is 1. The summed E-state index contributed by atoms with van der Waals surface area (Å²) in [7, 11) is 10.0. The van der Waals surface area contributed by atoms with Crippen LogP contribution in [0.5, 0.6) is 0 Å². The van der Waals surface area contributed by atoms with Crippen molar-refractivity contribution in [2.45, 2.75) is 54.6 Å². The second-order valence-electron chi connectivity index (χ2n) is 32.3. The van der Waals surface area contributed by atoms with Gasteiger partial charge in [-0.25, -0.2) is 9.13 Å². The van der Waals surface area contributed by atoms with Crippen molar-refractivity contribution in [3.63, 3.8) is 0 Å². The lowest BCUT2D eigenvalue weighted by Crippen LogP contribution is -2.37. The van der Waals surface area contributed by atoms with Gasteiger partial charge in [-0.05, 0) is 190 Å². The van der Waals surface area contributed by atoms with Gasteiger partial charge in [0.15, 0.2) is 49.0 Å². The fraction of sp³-hybridized carbons (Fsp3) is 0.120. The van der Waals surface area contributed by atoms with Gasteiger partial charge in [0.05, 0.1) is 43.1 Å². The summed E-state index contributed by atoms with van der Waals surface area (Å²) >= 11 is 0. The van der Waals surface area contributed by atoms with E-state index in [9.17, 15) is 0 Å². The normalized spacial score (nSPS) is 13.4. The number of benzene rings is 14. The van der Waals surface area contributed by atoms with Crippen LogP contribution in [0, 0.1) is 41.5 Å². The molecule has 15 heteroatoms. The predicted molar refractivity (Wildman–Crippen MR) is 498 cm³/mol. The maximum Gasteiger partial charge on any atom is 0.384 e. The van der Waals surface area contributed by atoms with Gasteiger partial charge < -0.3 is 36.3 Å². The van der Waals surface area contributed by atoms with E-state index >= 15 is 0 Å². The van der Waals surface area contributed by atoms with E-state index in [1.807, 2.05) is 99.6 Å². The van der Waals surface area contributed by atoms with Gasteiger partial charge in [0.2, 0.25) is 17.5 Å². The van der Waals surface area contributed by atoms with Crippen LogP contribution in [0.15, 0.2) is 343 Å². The Hall–Kier alpha value is -15.4. The Kier molecular flexibility index (Phi) is 17.4. The summed E-state index contributed by atoms with van der Waals surface area (Å²) in [5.74, 6) is 1.86. The topological polar surface area (TPSA) is 124 Å². The first-order valence-electron chi connectivity index (χ1n) is 43.0. The molecule has 123 heavy (non-hydrogen) atoms. The Morgan fingerprint density at radius 3 is 1.34 bits per heavy atom. The van der Waals surface area contributed by atoms with Crippen LogP contribution in [-0.2, 0) is 28.2 Å². The van der Waals surface area contributed by atoms with Crippen LogP contribution < -0.4 is 23.4 Å². The molecule has 0 bridgehead atoms.